The molecule has 2 N–H and O–H groups in total. The normalized spacial score (nSPS) is 13.4. The van der Waals surface area contributed by atoms with E-state index < -0.39 is 11.8 Å². The molecule has 1 heterocycles. The lowest BCUT2D eigenvalue weighted by atomic mass is 10.1. The van der Waals surface area contributed by atoms with E-state index >= 15 is 0 Å². The van der Waals surface area contributed by atoms with Crippen LogP contribution in [0.4, 0.5) is 17.1 Å². The first-order valence-corrected chi connectivity index (χ1v) is 10.8. The van der Waals surface area contributed by atoms with E-state index in [0.29, 0.717) is 28.4 Å². The number of methoxy groups -OCH3 is 1. The molecule has 0 atom stereocenters. The number of amides is 3. The van der Waals surface area contributed by atoms with Crippen LogP contribution in [0, 0.1) is 13.8 Å². The Morgan fingerprint density at radius 2 is 1.59 bits per heavy atom. The first-order chi connectivity index (χ1) is 16.3. The predicted octanol–water partition coefficient (Wildman–Crippen LogP) is 5.00. The Morgan fingerprint density at radius 1 is 0.912 bits per heavy atom. The number of hydrogen-bond donors (Lipinski definition) is 2. The molecule has 0 aromatic heterocycles. The van der Waals surface area contributed by atoms with E-state index in [2.05, 4.69) is 10.6 Å². The molecular formula is C26H22ClN3O4. The van der Waals surface area contributed by atoms with Gasteiger partial charge in [-0.3, -0.25) is 14.4 Å². The van der Waals surface area contributed by atoms with Crippen LogP contribution in [0.2, 0.25) is 0 Å². The van der Waals surface area contributed by atoms with E-state index in [9.17, 15) is 14.4 Å². The smallest absolute Gasteiger partial charge is 0.283 e. The van der Waals surface area contributed by atoms with Crippen molar-refractivity contribution >= 4 is 46.4 Å². The third kappa shape index (κ3) is 4.51. The zero-order valence-corrected chi connectivity index (χ0v) is 19.6. The molecule has 34 heavy (non-hydrogen) atoms. The molecule has 8 heteroatoms. The lowest BCUT2D eigenvalue weighted by Crippen LogP contribution is -2.32. The summed E-state index contributed by atoms with van der Waals surface area (Å²) in [5.41, 5.74) is 3.63. The van der Waals surface area contributed by atoms with Gasteiger partial charge in [0.25, 0.3) is 17.7 Å². The van der Waals surface area contributed by atoms with Gasteiger partial charge in [-0.1, -0.05) is 35.4 Å². The number of nitrogens with one attached hydrogen (secondary N) is 2. The van der Waals surface area contributed by atoms with E-state index in [1.54, 1.807) is 61.7 Å². The average molecular weight is 476 g/mol. The van der Waals surface area contributed by atoms with Crippen LogP contribution >= 0.6 is 11.6 Å². The van der Waals surface area contributed by atoms with Crippen molar-refractivity contribution in [2.24, 2.45) is 0 Å². The molecule has 3 amide bonds. The molecule has 0 saturated heterocycles. The van der Waals surface area contributed by atoms with Gasteiger partial charge in [0.1, 0.15) is 16.5 Å². The maximum atomic E-state index is 13.1. The van der Waals surface area contributed by atoms with E-state index in [4.69, 9.17) is 16.3 Å². The Balaban J connectivity index is 1.56. The number of hydrogen-bond acceptors (Lipinski definition) is 5. The second-order valence-electron chi connectivity index (χ2n) is 7.81. The number of rotatable bonds is 6. The average Bonchev–Trinajstić information content (AvgIpc) is 3.04. The lowest BCUT2D eigenvalue weighted by Gasteiger charge is -2.16. The van der Waals surface area contributed by atoms with Crippen LogP contribution in [0.15, 0.2) is 77.5 Å². The molecule has 3 aromatic carbocycles. The molecule has 0 spiro atoms. The summed E-state index contributed by atoms with van der Waals surface area (Å²) in [6.07, 6.45) is 0. The third-order valence-electron chi connectivity index (χ3n) is 5.43. The quantitative estimate of drug-likeness (QED) is 0.490. The Hall–Kier alpha value is -4.10. The molecule has 0 unspecified atom stereocenters. The summed E-state index contributed by atoms with van der Waals surface area (Å²) < 4.78 is 5.13. The van der Waals surface area contributed by atoms with Crippen molar-refractivity contribution in [2.75, 3.05) is 22.6 Å². The molecule has 0 saturated carbocycles. The van der Waals surface area contributed by atoms with Crippen molar-refractivity contribution in [3.05, 3.63) is 94.1 Å². The van der Waals surface area contributed by atoms with Gasteiger partial charge in [-0.2, -0.15) is 0 Å². The highest BCUT2D eigenvalue weighted by atomic mass is 35.5. The minimum atomic E-state index is -0.607. The number of carbonyl (C=O) groups is 3. The van der Waals surface area contributed by atoms with Crippen LogP contribution in [-0.2, 0) is 9.59 Å². The van der Waals surface area contributed by atoms with Crippen LogP contribution < -0.4 is 20.3 Å². The topological polar surface area (TPSA) is 87.7 Å². The number of imide groups is 1. The number of halogens is 1. The van der Waals surface area contributed by atoms with Gasteiger partial charge in [0, 0.05) is 16.9 Å². The van der Waals surface area contributed by atoms with Gasteiger partial charge >= 0.3 is 0 Å². The number of ether oxygens (including phenoxy) is 1. The van der Waals surface area contributed by atoms with Gasteiger partial charge in [-0.05, 0) is 67.9 Å². The van der Waals surface area contributed by atoms with Gasteiger partial charge in [-0.25, -0.2) is 4.90 Å². The minimum absolute atomic E-state index is 0.0388. The van der Waals surface area contributed by atoms with Crippen LogP contribution in [0.25, 0.3) is 0 Å². The lowest BCUT2D eigenvalue weighted by molar-refractivity contribution is -0.120. The largest absolute Gasteiger partial charge is 0.497 e. The molecular weight excluding hydrogens is 454 g/mol. The summed E-state index contributed by atoms with van der Waals surface area (Å²) in [5.74, 6) is -0.820. The van der Waals surface area contributed by atoms with Gasteiger partial charge < -0.3 is 15.4 Å². The third-order valence-corrected chi connectivity index (χ3v) is 5.78. The van der Waals surface area contributed by atoms with E-state index in [-0.39, 0.29) is 16.6 Å². The van der Waals surface area contributed by atoms with E-state index in [0.717, 1.165) is 16.0 Å². The molecule has 1 aliphatic heterocycles. The minimum Gasteiger partial charge on any atom is -0.497 e. The molecule has 4 rings (SSSR count). The van der Waals surface area contributed by atoms with Crippen LogP contribution in [0.5, 0.6) is 5.75 Å². The van der Waals surface area contributed by atoms with Crippen molar-refractivity contribution in [3.63, 3.8) is 0 Å². The highest BCUT2D eigenvalue weighted by Gasteiger charge is 2.39. The summed E-state index contributed by atoms with van der Waals surface area (Å²) in [5, 5.41) is 5.57. The Labute approximate surface area is 202 Å². The zero-order valence-electron chi connectivity index (χ0n) is 18.8. The zero-order chi connectivity index (χ0) is 24.4. The summed E-state index contributed by atoms with van der Waals surface area (Å²) >= 11 is 6.25. The van der Waals surface area contributed by atoms with Crippen LogP contribution in [0.1, 0.15) is 21.5 Å². The summed E-state index contributed by atoms with van der Waals surface area (Å²) in [4.78, 5) is 39.6. The fourth-order valence-corrected chi connectivity index (χ4v) is 3.66. The fourth-order valence-electron chi connectivity index (χ4n) is 3.45. The molecule has 0 radical (unpaired) electrons. The summed E-state index contributed by atoms with van der Waals surface area (Å²) in [6.45, 7) is 3.73. The second kappa shape index (κ2) is 9.41. The fraction of sp³-hybridized carbons (Fsp3) is 0.115. The number of nitrogens with zero attached hydrogens (tertiary/aromatic N) is 1. The van der Waals surface area contributed by atoms with Gasteiger partial charge in [0.05, 0.1) is 12.8 Å². The number of aryl methyl sites for hydroxylation is 2. The SMILES string of the molecule is COc1ccc(NC(=O)c2ccc(C)c(NC3=C(Cl)C(=O)N(c4ccc(C)cc4)C3=O)c2)cc1. The van der Waals surface area contributed by atoms with E-state index in [1.807, 2.05) is 26.0 Å². The second-order valence-corrected chi connectivity index (χ2v) is 8.19. The van der Waals surface area contributed by atoms with Gasteiger partial charge in [0.2, 0.25) is 0 Å². The highest BCUT2D eigenvalue weighted by Crippen LogP contribution is 2.31. The van der Waals surface area contributed by atoms with Crippen molar-refractivity contribution in [3.8, 4) is 5.75 Å². The molecule has 7 nitrogen and oxygen atoms in total. The van der Waals surface area contributed by atoms with Crippen LogP contribution in [-0.4, -0.2) is 24.8 Å². The van der Waals surface area contributed by atoms with Crippen LogP contribution in [0.3, 0.4) is 0 Å². The monoisotopic (exact) mass is 475 g/mol. The van der Waals surface area contributed by atoms with E-state index in [1.165, 1.54) is 0 Å². The number of anilines is 3. The molecule has 3 aromatic rings. The predicted molar refractivity (Wildman–Crippen MR) is 132 cm³/mol. The summed E-state index contributed by atoms with van der Waals surface area (Å²) in [7, 11) is 1.57. The maximum Gasteiger partial charge on any atom is 0.283 e. The number of carbonyl (C=O) groups excluding carboxylic acids is 3. The number of benzene rings is 3. The standard InChI is InChI=1S/C26H22ClN3O4/c1-15-4-10-19(11-5-15)30-25(32)22(27)23(26(30)33)29-21-14-17(7-6-16(21)2)24(31)28-18-8-12-20(34-3)13-9-18/h4-14,29H,1-3H3,(H,28,31). The van der Waals surface area contributed by atoms with Crippen molar-refractivity contribution in [1.29, 1.82) is 0 Å². The Kier molecular flexibility index (Phi) is 6.38. The maximum absolute atomic E-state index is 13.1. The van der Waals surface area contributed by atoms with Gasteiger partial charge in [0.15, 0.2) is 0 Å². The molecule has 172 valence electrons. The Morgan fingerprint density at radius 3 is 2.24 bits per heavy atom. The highest BCUT2D eigenvalue weighted by molar-refractivity contribution is 6.53. The van der Waals surface area contributed by atoms with Gasteiger partial charge in [-0.15, -0.1) is 0 Å². The van der Waals surface area contributed by atoms with Crippen molar-refractivity contribution in [1.82, 2.24) is 0 Å². The Bertz CT molecular complexity index is 1310. The molecule has 0 bridgehead atoms. The summed E-state index contributed by atoms with van der Waals surface area (Å²) in [6, 6.07) is 19.0. The molecule has 0 fully saturated rings. The molecule has 0 aliphatic carbocycles. The van der Waals surface area contributed by atoms with Crippen molar-refractivity contribution < 1.29 is 19.1 Å². The first kappa shape index (κ1) is 23.1. The first-order valence-electron chi connectivity index (χ1n) is 10.5. The van der Waals surface area contributed by atoms with Crippen molar-refractivity contribution in [2.45, 2.75) is 13.8 Å². The molecule has 1 aliphatic rings.